The van der Waals surface area contributed by atoms with Crippen LogP contribution in [0.25, 0.3) is 22.4 Å². The summed E-state index contributed by atoms with van der Waals surface area (Å²) in [5, 5.41) is 19.9. The summed E-state index contributed by atoms with van der Waals surface area (Å²) in [7, 11) is 0. The van der Waals surface area contributed by atoms with E-state index in [0.29, 0.717) is 28.3 Å². The molecular formula is C25H27Cl2N5O2. The Balaban J connectivity index is 1.16. The third kappa shape index (κ3) is 5.08. The number of aromatic amines is 2. The van der Waals surface area contributed by atoms with Crippen molar-refractivity contribution in [3.63, 3.8) is 0 Å². The number of fused-ring (bicyclic) bond motifs is 1. The summed E-state index contributed by atoms with van der Waals surface area (Å²) >= 11 is 12.2. The van der Waals surface area contributed by atoms with Gasteiger partial charge in [-0.25, -0.2) is 4.98 Å². The lowest BCUT2D eigenvalue weighted by atomic mass is 9.89. The Kier molecular flexibility index (Phi) is 6.79. The largest absolute Gasteiger partial charge is 0.490 e. The highest BCUT2D eigenvalue weighted by Crippen LogP contribution is 2.33. The standard InChI is InChI=1S/C25H27Cl2N5O2/c1-15-28-25(31-30-15)23-12-19-22(29-23)3-2-4-24(19)34-14-18(33)13-32-9-7-16(8-10-32)17-5-6-20(26)21(27)11-17/h2-6,11-12,16,18,29,33H,7-10,13-14H2,1H3,(H,28,30,31). The molecule has 7 nitrogen and oxygen atoms in total. The fraction of sp³-hybridized carbons (Fsp3) is 0.360. The predicted molar refractivity (Wildman–Crippen MR) is 135 cm³/mol. The fourth-order valence-electron chi connectivity index (χ4n) is 4.59. The van der Waals surface area contributed by atoms with Crippen molar-refractivity contribution in [1.82, 2.24) is 25.1 Å². The number of aryl methyl sites for hydroxylation is 1. The smallest absolute Gasteiger partial charge is 0.197 e. The molecule has 1 aliphatic rings. The monoisotopic (exact) mass is 499 g/mol. The van der Waals surface area contributed by atoms with E-state index in [1.54, 1.807) is 0 Å². The van der Waals surface area contributed by atoms with Crippen molar-refractivity contribution in [3.8, 4) is 17.3 Å². The molecule has 178 valence electrons. The Morgan fingerprint density at radius 2 is 1.97 bits per heavy atom. The maximum absolute atomic E-state index is 10.6. The van der Waals surface area contributed by atoms with Gasteiger partial charge in [0.25, 0.3) is 0 Å². The Morgan fingerprint density at radius 1 is 1.15 bits per heavy atom. The lowest BCUT2D eigenvalue weighted by molar-refractivity contribution is 0.0599. The van der Waals surface area contributed by atoms with E-state index in [1.807, 2.05) is 43.3 Å². The third-order valence-corrected chi connectivity index (χ3v) is 7.10. The van der Waals surface area contributed by atoms with Gasteiger partial charge in [-0.15, -0.1) is 0 Å². The van der Waals surface area contributed by atoms with Gasteiger partial charge in [0.05, 0.1) is 15.7 Å². The Labute approximate surface area is 208 Å². The molecule has 9 heteroatoms. The van der Waals surface area contributed by atoms with Crippen LogP contribution in [0, 0.1) is 6.92 Å². The van der Waals surface area contributed by atoms with Gasteiger partial charge in [0.2, 0.25) is 0 Å². The first-order chi connectivity index (χ1) is 16.5. The highest BCUT2D eigenvalue weighted by Gasteiger charge is 2.23. The number of hydrogen-bond donors (Lipinski definition) is 3. The molecule has 0 saturated carbocycles. The van der Waals surface area contributed by atoms with Crippen LogP contribution in [0.2, 0.25) is 10.0 Å². The molecule has 5 rings (SSSR count). The number of rotatable bonds is 7. The van der Waals surface area contributed by atoms with E-state index in [-0.39, 0.29) is 6.61 Å². The van der Waals surface area contributed by atoms with Crippen molar-refractivity contribution in [2.24, 2.45) is 0 Å². The van der Waals surface area contributed by atoms with Gasteiger partial charge in [-0.1, -0.05) is 35.3 Å². The van der Waals surface area contributed by atoms with Crippen molar-refractivity contribution in [3.05, 3.63) is 63.9 Å². The molecule has 2 aromatic carbocycles. The van der Waals surface area contributed by atoms with Gasteiger partial charge in [-0.2, -0.15) is 5.10 Å². The summed E-state index contributed by atoms with van der Waals surface area (Å²) in [5.74, 6) is 2.57. The summed E-state index contributed by atoms with van der Waals surface area (Å²) in [6, 6.07) is 13.7. The summed E-state index contributed by atoms with van der Waals surface area (Å²) in [6.07, 6.45) is 1.47. The van der Waals surface area contributed by atoms with E-state index in [2.05, 4.69) is 31.1 Å². The number of hydrogen-bond acceptors (Lipinski definition) is 5. The van der Waals surface area contributed by atoms with Crippen LogP contribution in [-0.4, -0.2) is 62.5 Å². The number of nitrogens with zero attached hydrogens (tertiary/aromatic N) is 3. The average Bonchev–Trinajstić information content (AvgIpc) is 3.46. The third-order valence-electron chi connectivity index (χ3n) is 6.37. The fourth-order valence-corrected chi connectivity index (χ4v) is 4.90. The minimum Gasteiger partial charge on any atom is -0.490 e. The zero-order valence-corrected chi connectivity index (χ0v) is 20.4. The van der Waals surface area contributed by atoms with E-state index < -0.39 is 6.10 Å². The number of aromatic nitrogens is 4. The Hall–Kier alpha value is -2.58. The lowest BCUT2D eigenvalue weighted by Crippen LogP contribution is -2.40. The molecule has 0 radical (unpaired) electrons. The van der Waals surface area contributed by atoms with Gasteiger partial charge in [0.1, 0.15) is 24.3 Å². The normalized spacial score (nSPS) is 16.2. The van der Waals surface area contributed by atoms with Crippen LogP contribution in [-0.2, 0) is 0 Å². The number of H-pyrrole nitrogens is 2. The minimum absolute atomic E-state index is 0.228. The molecule has 4 aromatic rings. The van der Waals surface area contributed by atoms with Gasteiger partial charge in [0, 0.05) is 17.4 Å². The SMILES string of the molecule is Cc1nc(-c2cc3c(OCC(O)CN4CCC(c5ccc(Cl)c(Cl)c5)CC4)cccc3[nH]2)n[nH]1. The number of likely N-dealkylation sites (tertiary alicyclic amines) is 1. The molecule has 0 aliphatic carbocycles. The number of benzene rings is 2. The average molecular weight is 500 g/mol. The molecule has 34 heavy (non-hydrogen) atoms. The molecule has 1 unspecified atom stereocenters. The molecule has 2 aromatic heterocycles. The Bertz CT molecular complexity index is 1280. The topological polar surface area (TPSA) is 90.1 Å². The van der Waals surface area contributed by atoms with Crippen LogP contribution in [0.3, 0.4) is 0 Å². The second-order valence-corrected chi connectivity index (χ2v) is 9.67. The first kappa shape index (κ1) is 23.2. The lowest BCUT2D eigenvalue weighted by Gasteiger charge is -2.33. The number of nitrogens with one attached hydrogen (secondary N) is 2. The van der Waals surface area contributed by atoms with Crippen LogP contribution < -0.4 is 4.74 Å². The molecule has 1 saturated heterocycles. The number of aliphatic hydroxyl groups excluding tert-OH is 1. The van der Waals surface area contributed by atoms with Crippen LogP contribution in [0.15, 0.2) is 42.5 Å². The molecule has 1 atom stereocenters. The van der Waals surface area contributed by atoms with E-state index in [1.165, 1.54) is 5.56 Å². The second kappa shape index (κ2) is 9.96. The van der Waals surface area contributed by atoms with Gasteiger partial charge < -0.3 is 19.7 Å². The molecule has 0 bridgehead atoms. The van der Waals surface area contributed by atoms with Gasteiger partial charge in [0.15, 0.2) is 5.82 Å². The van der Waals surface area contributed by atoms with Crippen LogP contribution in [0.4, 0.5) is 0 Å². The van der Waals surface area contributed by atoms with Crippen molar-refractivity contribution in [2.45, 2.75) is 31.8 Å². The molecule has 3 N–H and O–H groups in total. The maximum Gasteiger partial charge on any atom is 0.197 e. The number of aliphatic hydroxyl groups is 1. The van der Waals surface area contributed by atoms with E-state index in [9.17, 15) is 5.11 Å². The van der Waals surface area contributed by atoms with Crippen molar-refractivity contribution in [1.29, 1.82) is 0 Å². The molecule has 1 aliphatic heterocycles. The quantitative estimate of drug-likeness (QED) is 0.325. The summed E-state index contributed by atoms with van der Waals surface area (Å²) in [6.45, 7) is 4.53. The van der Waals surface area contributed by atoms with Crippen LogP contribution in [0.5, 0.6) is 5.75 Å². The summed E-state index contributed by atoms with van der Waals surface area (Å²) in [5.41, 5.74) is 2.99. The number of ether oxygens (including phenoxy) is 1. The molecule has 0 spiro atoms. The van der Waals surface area contributed by atoms with Crippen molar-refractivity contribution < 1.29 is 9.84 Å². The predicted octanol–water partition coefficient (Wildman–Crippen LogP) is 5.19. The molecule has 3 heterocycles. The summed E-state index contributed by atoms with van der Waals surface area (Å²) < 4.78 is 6.02. The minimum atomic E-state index is -0.578. The van der Waals surface area contributed by atoms with E-state index in [0.717, 1.165) is 54.1 Å². The van der Waals surface area contributed by atoms with Crippen LogP contribution >= 0.6 is 23.2 Å². The number of piperidine rings is 1. The maximum atomic E-state index is 10.6. The van der Waals surface area contributed by atoms with Crippen LogP contribution in [0.1, 0.15) is 30.1 Å². The first-order valence-corrected chi connectivity index (χ1v) is 12.2. The molecule has 1 fully saturated rings. The molecular weight excluding hydrogens is 473 g/mol. The van der Waals surface area contributed by atoms with E-state index in [4.69, 9.17) is 27.9 Å². The van der Waals surface area contributed by atoms with Crippen molar-refractivity contribution >= 4 is 34.1 Å². The van der Waals surface area contributed by atoms with Crippen molar-refractivity contribution in [2.75, 3.05) is 26.2 Å². The molecule has 0 amide bonds. The second-order valence-electron chi connectivity index (χ2n) is 8.86. The van der Waals surface area contributed by atoms with Gasteiger partial charge >= 0.3 is 0 Å². The highest BCUT2D eigenvalue weighted by molar-refractivity contribution is 6.42. The Morgan fingerprint density at radius 3 is 2.71 bits per heavy atom. The van der Waals surface area contributed by atoms with Gasteiger partial charge in [-0.05, 0) is 74.7 Å². The number of β-amino-alcohol motifs (C(OH)–C–C–N with tert-alkyl or cyclic N) is 1. The summed E-state index contributed by atoms with van der Waals surface area (Å²) in [4.78, 5) is 10.0. The van der Waals surface area contributed by atoms with E-state index >= 15 is 0 Å². The van der Waals surface area contributed by atoms with Gasteiger partial charge in [-0.3, -0.25) is 5.10 Å². The number of halogens is 2. The zero-order valence-electron chi connectivity index (χ0n) is 18.9. The highest BCUT2D eigenvalue weighted by atomic mass is 35.5. The first-order valence-electron chi connectivity index (χ1n) is 11.5. The zero-order chi connectivity index (χ0) is 23.7.